The molecule has 1 aromatic carbocycles. The number of anilines is 1. The molecule has 0 radical (unpaired) electrons. The van der Waals surface area contributed by atoms with Crippen LogP contribution in [0.5, 0.6) is 0 Å². The van der Waals surface area contributed by atoms with Crippen LogP contribution in [0.2, 0.25) is 5.02 Å². The molecule has 1 amide bonds. The number of hydrogen-bond donors (Lipinski definition) is 1. The van der Waals surface area contributed by atoms with Crippen molar-refractivity contribution in [1.29, 1.82) is 0 Å². The second-order valence-corrected chi connectivity index (χ2v) is 5.09. The predicted octanol–water partition coefficient (Wildman–Crippen LogP) is 2.95. The highest BCUT2D eigenvalue weighted by Crippen LogP contribution is 2.13. The van der Waals surface area contributed by atoms with Gasteiger partial charge in [-0.25, -0.2) is 9.50 Å². The number of nitrogens with zero attached hydrogens (tertiary/aromatic N) is 3. The number of hydrogen-bond acceptors (Lipinski definition) is 3. The van der Waals surface area contributed by atoms with E-state index in [4.69, 9.17) is 11.6 Å². The van der Waals surface area contributed by atoms with Gasteiger partial charge in [0.25, 0.3) is 0 Å². The molecule has 0 saturated heterocycles. The lowest BCUT2D eigenvalue weighted by Gasteiger charge is -2.05. The van der Waals surface area contributed by atoms with Crippen LogP contribution in [0.15, 0.2) is 48.9 Å². The fourth-order valence-electron chi connectivity index (χ4n) is 2.05. The van der Waals surface area contributed by atoms with Crippen molar-refractivity contribution in [1.82, 2.24) is 14.6 Å². The number of nitrogens with one attached hydrogen (secondary N) is 1. The van der Waals surface area contributed by atoms with Gasteiger partial charge in [0.2, 0.25) is 5.91 Å². The summed E-state index contributed by atoms with van der Waals surface area (Å²) in [5.74, 6) is -0.0664. The van der Waals surface area contributed by atoms with E-state index >= 15 is 0 Å². The maximum atomic E-state index is 11.9. The Kier molecular flexibility index (Phi) is 3.83. The highest BCUT2D eigenvalue weighted by atomic mass is 35.5. The van der Waals surface area contributed by atoms with Crippen molar-refractivity contribution in [3.63, 3.8) is 0 Å². The number of rotatable bonds is 4. The molecule has 0 atom stereocenters. The number of aromatic nitrogens is 3. The Balaban J connectivity index is 1.60. The molecule has 1 N–H and O–H groups in total. The van der Waals surface area contributed by atoms with Crippen LogP contribution in [-0.4, -0.2) is 20.5 Å². The number of aryl methyl sites for hydroxylation is 1. The smallest absolute Gasteiger partial charge is 0.224 e. The Morgan fingerprint density at radius 2 is 2.24 bits per heavy atom. The highest BCUT2D eigenvalue weighted by molar-refractivity contribution is 6.30. The second kappa shape index (κ2) is 5.93. The molecule has 0 fully saturated rings. The van der Waals surface area contributed by atoms with E-state index in [-0.39, 0.29) is 5.91 Å². The van der Waals surface area contributed by atoms with Crippen molar-refractivity contribution in [2.75, 3.05) is 5.32 Å². The molecular formula is C15H13ClN4O. The normalized spacial score (nSPS) is 10.7. The number of benzene rings is 1. The topological polar surface area (TPSA) is 59.3 Å². The first-order valence-electron chi connectivity index (χ1n) is 6.54. The third-order valence-electron chi connectivity index (χ3n) is 3.06. The summed E-state index contributed by atoms with van der Waals surface area (Å²) in [6.07, 6.45) is 6.04. The van der Waals surface area contributed by atoms with Gasteiger partial charge in [-0.1, -0.05) is 23.7 Å². The highest BCUT2D eigenvalue weighted by Gasteiger charge is 2.05. The zero-order valence-electron chi connectivity index (χ0n) is 11.2. The van der Waals surface area contributed by atoms with E-state index in [0.29, 0.717) is 23.6 Å². The molecule has 0 bridgehead atoms. The minimum atomic E-state index is -0.0664. The quantitative estimate of drug-likeness (QED) is 0.806. The van der Waals surface area contributed by atoms with Crippen molar-refractivity contribution in [3.05, 3.63) is 59.5 Å². The van der Waals surface area contributed by atoms with Crippen LogP contribution in [0.3, 0.4) is 0 Å². The largest absolute Gasteiger partial charge is 0.323 e. The van der Waals surface area contributed by atoms with Crippen molar-refractivity contribution >= 4 is 28.8 Å². The van der Waals surface area contributed by atoms with Crippen molar-refractivity contribution < 1.29 is 4.79 Å². The lowest BCUT2D eigenvalue weighted by molar-refractivity contribution is -0.116. The summed E-state index contributed by atoms with van der Waals surface area (Å²) >= 11 is 5.92. The average Bonchev–Trinajstić information content (AvgIpc) is 2.93. The predicted molar refractivity (Wildman–Crippen MR) is 81.4 cm³/mol. The summed E-state index contributed by atoms with van der Waals surface area (Å²) in [4.78, 5) is 16.1. The third-order valence-corrected chi connectivity index (χ3v) is 3.30. The van der Waals surface area contributed by atoms with E-state index in [9.17, 15) is 4.79 Å². The Morgan fingerprint density at radius 1 is 1.33 bits per heavy atom. The van der Waals surface area contributed by atoms with Crippen LogP contribution in [0.4, 0.5) is 5.69 Å². The molecule has 3 aromatic rings. The van der Waals surface area contributed by atoms with E-state index in [1.165, 1.54) is 0 Å². The van der Waals surface area contributed by atoms with Gasteiger partial charge < -0.3 is 5.32 Å². The Labute approximate surface area is 126 Å². The van der Waals surface area contributed by atoms with Gasteiger partial charge in [-0.3, -0.25) is 4.79 Å². The molecule has 0 saturated carbocycles. The van der Waals surface area contributed by atoms with Crippen LogP contribution < -0.4 is 5.32 Å². The molecule has 0 aliphatic heterocycles. The summed E-state index contributed by atoms with van der Waals surface area (Å²) in [6, 6.07) is 9.31. The summed E-state index contributed by atoms with van der Waals surface area (Å²) in [7, 11) is 0. The first-order chi connectivity index (χ1) is 10.2. The summed E-state index contributed by atoms with van der Waals surface area (Å²) in [5.41, 5.74) is 2.41. The van der Waals surface area contributed by atoms with Crippen molar-refractivity contribution in [2.45, 2.75) is 12.8 Å². The second-order valence-electron chi connectivity index (χ2n) is 4.65. The van der Waals surface area contributed by atoms with Crippen LogP contribution in [0.25, 0.3) is 5.65 Å². The Morgan fingerprint density at radius 3 is 3.10 bits per heavy atom. The van der Waals surface area contributed by atoms with Gasteiger partial charge in [-0.15, -0.1) is 0 Å². The lowest BCUT2D eigenvalue weighted by Crippen LogP contribution is -2.13. The zero-order valence-corrected chi connectivity index (χ0v) is 11.9. The molecule has 21 heavy (non-hydrogen) atoms. The number of carbonyl (C=O) groups excluding carboxylic acids is 1. The van der Waals surface area contributed by atoms with Gasteiger partial charge in [0.15, 0.2) is 5.65 Å². The molecule has 0 spiro atoms. The molecule has 3 rings (SSSR count). The van der Waals surface area contributed by atoms with Crippen LogP contribution in [0, 0.1) is 0 Å². The molecule has 6 heteroatoms. The van der Waals surface area contributed by atoms with Crippen LogP contribution in [-0.2, 0) is 11.2 Å². The minimum Gasteiger partial charge on any atom is -0.323 e. The maximum absolute atomic E-state index is 11.9. The Hall–Kier alpha value is -2.40. The molecule has 2 heterocycles. The van der Waals surface area contributed by atoms with E-state index in [0.717, 1.165) is 11.2 Å². The van der Waals surface area contributed by atoms with Crippen molar-refractivity contribution in [2.24, 2.45) is 0 Å². The number of carbonyl (C=O) groups is 1. The minimum absolute atomic E-state index is 0.0664. The monoisotopic (exact) mass is 300 g/mol. The van der Waals surface area contributed by atoms with Gasteiger partial charge >= 0.3 is 0 Å². The Bertz CT molecular complexity index is 784. The summed E-state index contributed by atoms with van der Waals surface area (Å²) < 4.78 is 1.62. The third kappa shape index (κ3) is 3.38. The first kappa shape index (κ1) is 13.6. The fraction of sp³-hybridized carbons (Fsp3) is 0.133. The summed E-state index contributed by atoms with van der Waals surface area (Å²) in [6.45, 7) is 0. The first-order valence-corrected chi connectivity index (χ1v) is 6.92. The van der Waals surface area contributed by atoms with E-state index in [2.05, 4.69) is 15.4 Å². The number of fused-ring (bicyclic) bond motifs is 1. The van der Waals surface area contributed by atoms with Gasteiger partial charge in [-0.2, -0.15) is 5.10 Å². The SMILES string of the molecule is O=C(CCc1cccc(Cl)c1)Nc1cnc2ccnn2c1. The standard InChI is InChI=1S/C15H13ClN4O/c16-12-3-1-2-11(8-12)4-5-15(21)19-13-9-17-14-6-7-18-20(14)10-13/h1-3,6-10H,4-5H2,(H,19,21). The molecule has 0 aliphatic rings. The van der Waals surface area contributed by atoms with Crippen molar-refractivity contribution in [3.8, 4) is 0 Å². The molecule has 0 aliphatic carbocycles. The van der Waals surface area contributed by atoms with E-state index < -0.39 is 0 Å². The number of halogens is 1. The van der Waals surface area contributed by atoms with E-state index in [1.807, 2.05) is 24.3 Å². The van der Waals surface area contributed by atoms with Gasteiger partial charge in [0.1, 0.15) is 0 Å². The molecular weight excluding hydrogens is 288 g/mol. The molecule has 5 nitrogen and oxygen atoms in total. The maximum Gasteiger partial charge on any atom is 0.224 e. The van der Waals surface area contributed by atoms with E-state index in [1.54, 1.807) is 29.2 Å². The number of amides is 1. The van der Waals surface area contributed by atoms with Gasteiger partial charge in [-0.05, 0) is 24.1 Å². The molecule has 0 unspecified atom stereocenters. The zero-order chi connectivity index (χ0) is 14.7. The fourth-order valence-corrected chi connectivity index (χ4v) is 2.26. The average molecular weight is 301 g/mol. The van der Waals surface area contributed by atoms with Gasteiger partial charge in [0.05, 0.1) is 24.3 Å². The lowest BCUT2D eigenvalue weighted by atomic mass is 10.1. The van der Waals surface area contributed by atoms with Gasteiger partial charge in [0, 0.05) is 17.5 Å². The van der Waals surface area contributed by atoms with Crippen LogP contribution in [0.1, 0.15) is 12.0 Å². The van der Waals surface area contributed by atoms with Crippen LogP contribution >= 0.6 is 11.6 Å². The summed E-state index contributed by atoms with van der Waals surface area (Å²) in [5, 5.41) is 7.57. The molecule has 2 aromatic heterocycles. The molecule has 106 valence electrons.